The molecule has 1 amide bonds. The zero-order valence-corrected chi connectivity index (χ0v) is 22.7. The van der Waals surface area contributed by atoms with Crippen LogP contribution in [0.2, 0.25) is 10.0 Å². The third-order valence-electron chi connectivity index (χ3n) is 7.37. The number of carbonyl (C=O) groups is 1. The van der Waals surface area contributed by atoms with Crippen molar-refractivity contribution < 1.29 is 23.4 Å². The van der Waals surface area contributed by atoms with Crippen LogP contribution in [-0.4, -0.2) is 46.4 Å². The predicted molar refractivity (Wildman–Crippen MR) is 145 cm³/mol. The molecule has 1 saturated heterocycles. The molecule has 2 aromatic carbocycles. The fourth-order valence-electron chi connectivity index (χ4n) is 4.97. The van der Waals surface area contributed by atoms with E-state index in [1.54, 1.807) is 17.3 Å². The number of ether oxygens (including phenoxy) is 1. The van der Waals surface area contributed by atoms with E-state index < -0.39 is 29.1 Å². The second-order valence-electron chi connectivity index (χ2n) is 10.3. The molecule has 39 heavy (non-hydrogen) atoms. The van der Waals surface area contributed by atoms with Gasteiger partial charge in [0.2, 0.25) is 5.43 Å². The highest BCUT2D eigenvalue weighted by Crippen LogP contribution is 2.37. The maximum absolute atomic E-state index is 14.2. The summed E-state index contributed by atoms with van der Waals surface area (Å²) in [5.74, 6) is -1.11. The molecule has 3 aromatic rings. The molecule has 0 unspecified atom stereocenters. The molecule has 11 heteroatoms. The molecule has 2 heterocycles. The van der Waals surface area contributed by atoms with Crippen molar-refractivity contribution in [2.75, 3.05) is 19.7 Å². The minimum absolute atomic E-state index is 0.0128. The first kappa shape index (κ1) is 27.8. The summed E-state index contributed by atoms with van der Waals surface area (Å²) in [6.07, 6.45) is 5.64. The average molecular weight is 580 g/mol. The summed E-state index contributed by atoms with van der Waals surface area (Å²) in [4.78, 5) is 26.2. The van der Waals surface area contributed by atoms with Gasteiger partial charge in [-0.05, 0) is 68.7 Å². The van der Waals surface area contributed by atoms with E-state index in [4.69, 9.17) is 27.9 Å². The maximum Gasteiger partial charge on any atom is 0.271 e. The molecule has 1 aromatic heterocycles. The van der Waals surface area contributed by atoms with Crippen LogP contribution in [0.3, 0.4) is 0 Å². The van der Waals surface area contributed by atoms with Gasteiger partial charge in [-0.25, -0.2) is 13.8 Å². The molecule has 208 valence electrons. The molecule has 0 spiro atoms. The first-order chi connectivity index (χ1) is 18.7. The lowest BCUT2D eigenvalue weighted by Crippen LogP contribution is -2.47. The van der Waals surface area contributed by atoms with Crippen molar-refractivity contribution in [3.63, 3.8) is 0 Å². The zero-order valence-electron chi connectivity index (χ0n) is 21.1. The van der Waals surface area contributed by atoms with Gasteiger partial charge in [-0.15, -0.1) is 0 Å². The van der Waals surface area contributed by atoms with Crippen molar-refractivity contribution in [1.29, 1.82) is 0 Å². The highest BCUT2D eigenvalue weighted by molar-refractivity contribution is 6.31. The van der Waals surface area contributed by atoms with Crippen molar-refractivity contribution in [3.05, 3.63) is 74.0 Å². The summed E-state index contributed by atoms with van der Waals surface area (Å²) >= 11 is 11.6. The summed E-state index contributed by atoms with van der Waals surface area (Å²) in [5, 5.41) is 12.2. The molecule has 0 bridgehead atoms. The summed E-state index contributed by atoms with van der Waals surface area (Å²) in [7, 11) is 0. The minimum atomic E-state index is -0.696. The highest BCUT2D eigenvalue weighted by Gasteiger charge is 2.28. The van der Waals surface area contributed by atoms with Crippen LogP contribution in [0, 0.1) is 17.6 Å². The quantitative estimate of drug-likeness (QED) is 0.350. The number of nitrogens with one attached hydrogen (secondary N) is 1. The van der Waals surface area contributed by atoms with E-state index in [0.717, 1.165) is 38.2 Å². The molecule has 1 aliphatic carbocycles. The lowest BCUT2D eigenvalue weighted by molar-refractivity contribution is 0.0645. The normalized spacial score (nSPS) is 17.4. The number of hydrazine groups is 1. The summed E-state index contributed by atoms with van der Waals surface area (Å²) in [6.45, 7) is 1.25. The monoisotopic (exact) mass is 579 g/mol. The lowest BCUT2D eigenvalue weighted by atomic mass is 9.92. The molecular weight excluding hydrogens is 551 g/mol. The number of carbonyl (C=O) groups excluding carboxylic acids is 1. The largest absolute Gasteiger partial charge is 0.491 e. The van der Waals surface area contributed by atoms with E-state index in [9.17, 15) is 23.5 Å². The van der Waals surface area contributed by atoms with Crippen molar-refractivity contribution in [2.24, 2.45) is 5.92 Å². The van der Waals surface area contributed by atoms with Gasteiger partial charge in [0.05, 0.1) is 21.7 Å². The fourth-order valence-corrected chi connectivity index (χ4v) is 5.24. The molecule has 2 fully saturated rings. The number of nitrogens with zero attached hydrogens (tertiary/aromatic N) is 2. The topological polar surface area (TPSA) is 83.8 Å². The number of hydrogen-bond donors (Lipinski definition) is 2. The number of amides is 1. The third-order valence-corrected chi connectivity index (χ3v) is 7.97. The van der Waals surface area contributed by atoms with Crippen LogP contribution in [0.25, 0.3) is 10.9 Å². The number of rotatable bonds is 9. The number of aliphatic hydroxyl groups excluding tert-OH is 1. The number of pyridine rings is 1. The highest BCUT2D eigenvalue weighted by atomic mass is 35.5. The third kappa shape index (κ3) is 6.54. The number of piperidine rings is 1. The summed E-state index contributed by atoms with van der Waals surface area (Å²) < 4.78 is 35.0. The van der Waals surface area contributed by atoms with Gasteiger partial charge in [0.15, 0.2) is 0 Å². The molecular formula is C28H29Cl2F2N3O4. The Kier molecular flexibility index (Phi) is 8.42. The molecule has 1 saturated carbocycles. The van der Waals surface area contributed by atoms with Gasteiger partial charge in [0.25, 0.3) is 5.91 Å². The number of aromatic nitrogens is 1. The molecule has 5 rings (SSSR count). The van der Waals surface area contributed by atoms with Crippen molar-refractivity contribution in [1.82, 2.24) is 15.0 Å². The van der Waals surface area contributed by atoms with Crippen LogP contribution in [0.15, 0.2) is 41.3 Å². The van der Waals surface area contributed by atoms with Gasteiger partial charge in [-0.2, -0.15) is 0 Å². The molecule has 1 atom stereocenters. The fraction of sp³-hybridized carbons (Fsp3) is 0.429. The Labute approximate surface area is 234 Å². The Bertz CT molecular complexity index is 1440. The Balaban J connectivity index is 1.13. The Morgan fingerprint density at radius 3 is 2.49 bits per heavy atom. The Hall–Kier alpha value is -2.72. The SMILES string of the molecule is O=C(NN1CCC(CC[C@@H](O)COc2ccc(Cl)c(F)c2)CC1)c1cn(C2CC2)c2cc(Cl)c(F)cc2c1=O. The van der Waals surface area contributed by atoms with Gasteiger partial charge >= 0.3 is 0 Å². The first-order valence-corrected chi connectivity index (χ1v) is 13.8. The number of hydrogen-bond acceptors (Lipinski definition) is 5. The molecule has 2 N–H and O–H groups in total. The summed E-state index contributed by atoms with van der Waals surface area (Å²) in [5.41, 5.74) is 2.81. The predicted octanol–water partition coefficient (Wildman–Crippen LogP) is 5.50. The minimum Gasteiger partial charge on any atom is -0.491 e. The zero-order chi connectivity index (χ0) is 27.7. The van der Waals surface area contributed by atoms with E-state index in [1.807, 2.05) is 4.57 Å². The number of fused-ring (bicyclic) bond motifs is 1. The second kappa shape index (κ2) is 11.8. The van der Waals surface area contributed by atoms with E-state index in [1.165, 1.54) is 18.2 Å². The van der Waals surface area contributed by atoms with Gasteiger partial charge in [-0.1, -0.05) is 23.2 Å². The average Bonchev–Trinajstić information content (AvgIpc) is 3.76. The lowest BCUT2D eigenvalue weighted by Gasteiger charge is -2.32. The smallest absolute Gasteiger partial charge is 0.271 e. The number of benzene rings is 2. The van der Waals surface area contributed by atoms with E-state index in [2.05, 4.69) is 5.43 Å². The van der Waals surface area contributed by atoms with Crippen molar-refractivity contribution in [3.8, 4) is 5.75 Å². The van der Waals surface area contributed by atoms with Gasteiger partial charge in [0.1, 0.15) is 29.6 Å². The van der Waals surface area contributed by atoms with Crippen molar-refractivity contribution in [2.45, 2.75) is 50.7 Å². The summed E-state index contributed by atoms with van der Waals surface area (Å²) in [6, 6.07) is 6.85. The molecule has 7 nitrogen and oxygen atoms in total. The van der Waals surface area contributed by atoms with Crippen LogP contribution in [-0.2, 0) is 0 Å². The Morgan fingerprint density at radius 1 is 1.08 bits per heavy atom. The van der Waals surface area contributed by atoms with E-state index in [-0.39, 0.29) is 33.6 Å². The van der Waals surface area contributed by atoms with E-state index >= 15 is 0 Å². The van der Waals surface area contributed by atoms with Crippen LogP contribution in [0.4, 0.5) is 8.78 Å². The first-order valence-electron chi connectivity index (χ1n) is 13.1. The number of halogens is 4. The molecule has 0 radical (unpaired) electrons. The van der Waals surface area contributed by atoms with Crippen LogP contribution in [0.1, 0.15) is 54.9 Å². The van der Waals surface area contributed by atoms with Gasteiger partial charge in [0, 0.05) is 36.8 Å². The van der Waals surface area contributed by atoms with Gasteiger partial charge < -0.3 is 14.4 Å². The van der Waals surface area contributed by atoms with Crippen LogP contribution in [0.5, 0.6) is 5.75 Å². The van der Waals surface area contributed by atoms with Crippen LogP contribution >= 0.6 is 23.2 Å². The number of aliphatic hydroxyl groups is 1. The van der Waals surface area contributed by atoms with Gasteiger partial charge in [-0.3, -0.25) is 15.0 Å². The maximum atomic E-state index is 14.2. The standard InChI is InChI=1S/C28H29Cl2F2N3O4/c29-22-6-5-19(11-24(22)31)39-15-18(36)4-1-16-7-9-34(10-8-16)33-28(38)21-14-35(17-2-3-17)26-13-23(30)25(32)12-20(26)27(21)37/h5-6,11-14,16-18,36H,1-4,7-10,15H2,(H,33,38)/t18-/m1/s1. The van der Waals surface area contributed by atoms with E-state index in [0.29, 0.717) is 36.7 Å². The Morgan fingerprint density at radius 2 is 1.79 bits per heavy atom. The van der Waals surface area contributed by atoms with Crippen LogP contribution < -0.4 is 15.6 Å². The second-order valence-corrected chi connectivity index (χ2v) is 11.1. The van der Waals surface area contributed by atoms with Crippen molar-refractivity contribution >= 4 is 40.0 Å². The molecule has 2 aliphatic rings. The molecule has 1 aliphatic heterocycles.